The molecule has 0 bridgehead atoms. The number of hydrogen-bond donors (Lipinski definition) is 1. The molecule has 1 N–H and O–H groups in total. The second kappa shape index (κ2) is 8.45. The summed E-state index contributed by atoms with van der Waals surface area (Å²) in [6.45, 7) is 1.75. The van der Waals surface area contributed by atoms with Crippen LogP contribution in [0.5, 0.6) is 0 Å². The Morgan fingerprint density at radius 2 is 2.11 bits per heavy atom. The van der Waals surface area contributed by atoms with E-state index in [1.165, 1.54) is 0 Å². The highest BCUT2D eigenvalue weighted by Gasteiger charge is 2.30. The number of rotatable bonds is 6. The lowest BCUT2D eigenvalue weighted by molar-refractivity contribution is -0.123. The molecule has 3 heterocycles. The van der Waals surface area contributed by atoms with Crippen molar-refractivity contribution in [3.63, 3.8) is 0 Å². The lowest BCUT2D eigenvalue weighted by Crippen LogP contribution is -2.41. The molecular formula is C20H22N4O2S. The van der Waals surface area contributed by atoms with Crippen LogP contribution >= 0.6 is 11.3 Å². The van der Waals surface area contributed by atoms with E-state index in [1.54, 1.807) is 11.3 Å². The van der Waals surface area contributed by atoms with Crippen LogP contribution in [0.2, 0.25) is 0 Å². The van der Waals surface area contributed by atoms with Crippen molar-refractivity contribution in [2.45, 2.75) is 31.8 Å². The predicted molar refractivity (Wildman–Crippen MR) is 104 cm³/mol. The first-order valence-electron chi connectivity index (χ1n) is 9.22. The van der Waals surface area contributed by atoms with Crippen molar-refractivity contribution in [2.75, 3.05) is 13.1 Å². The summed E-state index contributed by atoms with van der Waals surface area (Å²) in [5.41, 5.74) is 1.10. The topological polar surface area (TPSA) is 71.3 Å². The maximum atomic E-state index is 12.4. The highest BCUT2D eigenvalue weighted by atomic mass is 32.1. The van der Waals surface area contributed by atoms with Crippen LogP contribution in [0.4, 0.5) is 0 Å². The largest absolute Gasteiger partial charge is 0.351 e. The van der Waals surface area contributed by atoms with E-state index in [0.717, 1.165) is 36.2 Å². The van der Waals surface area contributed by atoms with E-state index in [4.69, 9.17) is 4.52 Å². The van der Waals surface area contributed by atoms with Crippen LogP contribution in [0.25, 0.3) is 10.7 Å². The summed E-state index contributed by atoms with van der Waals surface area (Å²) < 4.78 is 5.54. The smallest absolute Gasteiger partial charge is 0.244 e. The van der Waals surface area contributed by atoms with Gasteiger partial charge in [0.25, 0.3) is 0 Å². The molecule has 27 heavy (non-hydrogen) atoms. The van der Waals surface area contributed by atoms with Gasteiger partial charge < -0.3 is 9.84 Å². The number of carbonyl (C=O) groups excluding carboxylic acids is 1. The maximum absolute atomic E-state index is 12.4. The summed E-state index contributed by atoms with van der Waals surface area (Å²) >= 11 is 1.59. The van der Waals surface area contributed by atoms with Gasteiger partial charge in [0.1, 0.15) is 0 Å². The van der Waals surface area contributed by atoms with Crippen LogP contribution in [0.3, 0.4) is 0 Å². The number of hydrogen-bond acceptors (Lipinski definition) is 6. The van der Waals surface area contributed by atoms with Crippen molar-refractivity contribution in [2.24, 2.45) is 0 Å². The first-order chi connectivity index (χ1) is 13.3. The molecular weight excluding hydrogens is 360 g/mol. The number of carbonyl (C=O) groups is 1. The molecule has 6 nitrogen and oxygen atoms in total. The monoisotopic (exact) mass is 382 g/mol. The summed E-state index contributed by atoms with van der Waals surface area (Å²) in [4.78, 5) is 20.2. The molecule has 2 aromatic heterocycles. The number of benzene rings is 1. The van der Waals surface area contributed by atoms with Crippen molar-refractivity contribution in [1.29, 1.82) is 0 Å². The second-order valence-corrected chi connectivity index (χ2v) is 7.63. The molecule has 1 saturated heterocycles. The first-order valence-corrected chi connectivity index (χ1v) is 10.1. The molecule has 1 aliphatic heterocycles. The number of nitrogens with zero attached hydrogens (tertiary/aromatic N) is 3. The van der Waals surface area contributed by atoms with Gasteiger partial charge in [-0.1, -0.05) is 48.0 Å². The van der Waals surface area contributed by atoms with E-state index in [0.29, 0.717) is 24.8 Å². The van der Waals surface area contributed by atoms with Crippen molar-refractivity contribution < 1.29 is 9.32 Å². The fraction of sp³-hybridized carbons (Fsp3) is 0.350. The van der Waals surface area contributed by atoms with Crippen molar-refractivity contribution >= 4 is 17.2 Å². The highest BCUT2D eigenvalue weighted by molar-refractivity contribution is 7.13. The molecule has 140 valence electrons. The highest BCUT2D eigenvalue weighted by Crippen LogP contribution is 2.31. The standard InChI is InChI=1S/C20H22N4O2S/c25-18(21-13-15-7-2-1-3-8-15)14-24-11-5-4-9-16(24)20-22-19(23-26-20)17-10-6-12-27-17/h1-3,6-8,10,12,16H,4-5,9,11,13-14H2,(H,21,25). The number of nitrogens with one attached hydrogen (secondary N) is 1. The van der Waals surface area contributed by atoms with E-state index in [1.807, 2.05) is 47.8 Å². The molecule has 1 aromatic carbocycles. The summed E-state index contributed by atoms with van der Waals surface area (Å²) in [7, 11) is 0. The average molecular weight is 382 g/mol. The van der Waals surface area contributed by atoms with Gasteiger partial charge in [-0.2, -0.15) is 4.98 Å². The number of aromatic nitrogens is 2. The third-order valence-electron chi connectivity index (χ3n) is 4.76. The van der Waals surface area contributed by atoms with E-state index < -0.39 is 0 Å². The molecule has 1 atom stereocenters. The third kappa shape index (κ3) is 4.43. The lowest BCUT2D eigenvalue weighted by atomic mass is 10.0. The van der Waals surface area contributed by atoms with Crippen LogP contribution < -0.4 is 5.32 Å². The van der Waals surface area contributed by atoms with Crippen LogP contribution in [0.15, 0.2) is 52.4 Å². The summed E-state index contributed by atoms with van der Waals surface area (Å²) in [6, 6.07) is 13.9. The van der Waals surface area contributed by atoms with E-state index >= 15 is 0 Å². The molecule has 1 fully saturated rings. The van der Waals surface area contributed by atoms with Gasteiger partial charge in [0.15, 0.2) is 0 Å². The van der Waals surface area contributed by atoms with Gasteiger partial charge in [0.2, 0.25) is 17.6 Å². The number of piperidine rings is 1. The quantitative estimate of drug-likeness (QED) is 0.705. The fourth-order valence-corrected chi connectivity index (χ4v) is 4.02. The van der Waals surface area contributed by atoms with Gasteiger partial charge in [0.05, 0.1) is 17.5 Å². The Balaban J connectivity index is 1.39. The molecule has 0 radical (unpaired) electrons. The zero-order chi connectivity index (χ0) is 18.5. The Hall–Kier alpha value is -2.51. The molecule has 0 saturated carbocycles. The zero-order valence-electron chi connectivity index (χ0n) is 15.0. The average Bonchev–Trinajstić information content (AvgIpc) is 3.39. The summed E-state index contributed by atoms with van der Waals surface area (Å²) in [5.74, 6) is 1.25. The normalized spacial score (nSPS) is 17.7. The number of thiophene rings is 1. The first kappa shape index (κ1) is 17.9. The summed E-state index contributed by atoms with van der Waals surface area (Å²) in [6.07, 6.45) is 3.11. The van der Waals surface area contributed by atoms with E-state index in [-0.39, 0.29) is 11.9 Å². The Morgan fingerprint density at radius 1 is 1.22 bits per heavy atom. The van der Waals surface area contributed by atoms with Crippen molar-refractivity contribution in [3.05, 3.63) is 59.3 Å². The lowest BCUT2D eigenvalue weighted by Gasteiger charge is -2.32. The summed E-state index contributed by atoms with van der Waals surface area (Å²) in [5, 5.41) is 9.12. The Bertz CT molecular complexity index is 863. The van der Waals surface area contributed by atoms with Gasteiger partial charge in [0, 0.05) is 6.54 Å². The molecule has 1 aliphatic rings. The van der Waals surface area contributed by atoms with Gasteiger partial charge >= 0.3 is 0 Å². The van der Waals surface area contributed by atoms with Crippen LogP contribution in [-0.4, -0.2) is 34.0 Å². The molecule has 1 amide bonds. The second-order valence-electron chi connectivity index (χ2n) is 6.68. The predicted octanol–water partition coefficient (Wildman–Crippen LogP) is 3.64. The maximum Gasteiger partial charge on any atom is 0.244 e. The number of amides is 1. The van der Waals surface area contributed by atoms with Crippen LogP contribution in [0.1, 0.15) is 36.8 Å². The van der Waals surface area contributed by atoms with Crippen LogP contribution in [-0.2, 0) is 11.3 Å². The van der Waals surface area contributed by atoms with Gasteiger partial charge in [-0.15, -0.1) is 11.3 Å². The molecule has 7 heteroatoms. The van der Waals surface area contributed by atoms with Crippen molar-refractivity contribution in [3.8, 4) is 10.7 Å². The molecule has 4 rings (SSSR count). The SMILES string of the molecule is O=C(CN1CCCCC1c1nc(-c2cccs2)no1)NCc1ccccc1. The van der Waals surface area contributed by atoms with Gasteiger partial charge in [-0.25, -0.2) is 0 Å². The molecule has 3 aromatic rings. The Morgan fingerprint density at radius 3 is 2.93 bits per heavy atom. The zero-order valence-corrected chi connectivity index (χ0v) is 15.8. The molecule has 1 unspecified atom stereocenters. The third-order valence-corrected chi connectivity index (χ3v) is 5.63. The van der Waals surface area contributed by atoms with Crippen molar-refractivity contribution in [1.82, 2.24) is 20.4 Å². The van der Waals surface area contributed by atoms with Gasteiger partial charge in [-0.05, 0) is 36.4 Å². The minimum Gasteiger partial charge on any atom is -0.351 e. The van der Waals surface area contributed by atoms with E-state index in [2.05, 4.69) is 20.4 Å². The van der Waals surface area contributed by atoms with Gasteiger partial charge in [-0.3, -0.25) is 9.69 Å². The Labute approximate surface area is 162 Å². The minimum atomic E-state index is 0.00226. The number of likely N-dealkylation sites (tertiary alicyclic amines) is 1. The minimum absolute atomic E-state index is 0.00226. The molecule has 0 aliphatic carbocycles. The van der Waals surface area contributed by atoms with E-state index in [9.17, 15) is 4.79 Å². The van der Waals surface area contributed by atoms with Crippen LogP contribution in [0, 0.1) is 0 Å². The molecule has 0 spiro atoms. The fourth-order valence-electron chi connectivity index (χ4n) is 3.37. The Kier molecular flexibility index (Phi) is 5.60.